The van der Waals surface area contributed by atoms with Crippen molar-refractivity contribution < 1.29 is 0 Å². The molecule has 23 heavy (non-hydrogen) atoms. The van der Waals surface area contributed by atoms with Crippen LogP contribution in [0.3, 0.4) is 0 Å². The maximum atomic E-state index is 4.50. The van der Waals surface area contributed by atoms with Gasteiger partial charge in [-0.1, -0.05) is 74.5 Å². The van der Waals surface area contributed by atoms with E-state index in [9.17, 15) is 0 Å². The van der Waals surface area contributed by atoms with E-state index in [1.807, 2.05) is 36.4 Å². The predicted octanol–water partition coefficient (Wildman–Crippen LogP) is 5.27. The highest BCUT2D eigenvalue weighted by molar-refractivity contribution is 5.70. The van der Waals surface area contributed by atoms with Crippen LogP contribution in [0, 0.1) is 0 Å². The smallest absolute Gasteiger partial charge is 0.116 e. The van der Waals surface area contributed by atoms with E-state index < -0.39 is 0 Å². The third-order valence-electron chi connectivity index (χ3n) is 4.14. The Balaban J connectivity index is 2.13. The maximum Gasteiger partial charge on any atom is 0.116 e. The second kappa shape index (κ2) is 6.17. The van der Waals surface area contributed by atoms with Gasteiger partial charge in [0.05, 0.1) is 11.4 Å². The van der Waals surface area contributed by atoms with Crippen molar-refractivity contribution in [2.45, 2.75) is 19.3 Å². The molecular weight excluding hydrogens is 280 g/mol. The molecule has 0 amide bonds. The largest absolute Gasteiger partial charge is 0.236 e. The Bertz CT molecular complexity index is 820. The lowest BCUT2D eigenvalue weighted by molar-refractivity contribution is 0.673. The number of benzene rings is 2. The minimum absolute atomic E-state index is 0.117. The van der Waals surface area contributed by atoms with Crippen molar-refractivity contribution in [3.05, 3.63) is 85.2 Å². The molecule has 0 fully saturated rings. The summed E-state index contributed by atoms with van der Waals surface area (Å²) in [6, 6.07) is 20.6. The van der Waals surface area contributed by atoms with Crippen molar-refractivity contribution in [3.8, 4) is 22.5 Å². The number of hydrogen-bond donors (Lipinski definition) is 0. The summed E-state index contributed by atoms with van der Waals surface area (Å²) < 4.78 is 0. The van der Waals surface area contributed by atoms with Crippen LogP contribution in [0.5, 0.6) is 0 Å². The van der Waals surface area contributed by atoms with Crippen molar-refractivity contribution in [2.75, 3.05) is 0 Å². The summed E-state index contributed by atoms with van der Waals surface area (Å²) in [7, 11) is 0. The first-order valence-corrected chi connectivity index (χ1v) is 7.73. The quantitative estimate of drug-likeness (QED) is 0.613. The van der Waals surface area contributed by atoms with Crippen LogP contribution in [0.25, 0.3) is 22.5 Å². The van der Waals surface area contributed by atoms with Gasteiger partial charge < -0.3 is 0 Å². The highest BCUT2D eigenvalue weighted by Gasteiger charge is 2.21. The summed E-state index contributed by atoms with van der Waals surface area (Å²) in [5.41, 5.74) is 5.18. The summed E-state index contributed by atoms with van der Waals surface area (Å²) >= 11 is 0. The lowest BCUT2D eigenvalue weighted by Gasteiger charge is -2.23. The molecule has 1 aromatic heterocycles. The molecule has 3 aromatic rings. The molecule has 3 rings (SSSR count). The average molecular weight is 300 g/mol. The lowest BCUT2D eigenvalue weighted by atomic mass is 9.81. The topological polar surface area (TPSA) is 25.8 Å². The van der Waals surface area contributed by atoms with Crippen LogP contribution in [-0.2, 0) is 5.41 Å². The van der Waals surface area contributed by atoms with Crippen LogP contribution in [0.15, 0.2) is 79.6 Å². The van der Waals surface area contributed by atoms with Gasteiger partial charge in [0.15, 0.2) is 0 Å². The molecule has 2 nitrogen and oxygen atoms in total. The van der Waals surface area contributed by atoms with Crippen molar-refractivity contribution >= 4 is 0 Å². The molecule has 114 valence electrons. The van der Waals surface area contributed by atoms with Crippen molar-refractivity contribution in [3.63, 3.8) is 0 Å². The highest BCUT2D eigenvalue weighted by atomic mass is 14.8. The van der Waals surface area contributed by atoms with E-state index in [4.69, 9.17) is 0 Å². The molecule has 0 saturated carbocycles. The summed E-state index contributed by atoms with van der Waals surface area (Å²) in [5, 5.41) is 0. The fourth-order valence-electron chi connectivity index (χ4n) is 2.65. The lowest BCUT2D eigenvalue weighted by Crippen LogP contribution is -2.14. The molecule has 0 aliphatic carbocycles. The van der Waals surface area contributed by atoms with Crippen molar-refractivity contribution in [1.82, 2.24) is 9.97 Å². The summed E-state index contributed by atoms with van der Waals surface area (Å²) in [6.07, 6.45) is 3.61. The van der Waals surface area contributed by atoms with E-state index in [-0.39, 0.29) is 5.41 Å². The predicted molar refractivity (Wildman–Crippen MR) is 96.1 cm³/mol. The number of hydrogen-bond acceptors (Lipinski definition) is 2. The molecule has 0 saturated heterocycles. The van der Waals surface area contributed by atoms with Crippen molar-refractivity contribution in [2.24, 2.45) is 0 Å². The molecule has 0 radical (unpaired) electrons. The first-order valence-electron chi connectivity index (χ1n) is 7.73. The molecular formula is C21H20N2. The molecule has 1 heterocycles. The van der Waals surface area contributed by atoms with Gasteiger partial charge in [0.1, 0.15) is 6.33 Å². The average Bonchev–Trinajstić information content (AvgIpc) is 2.62. The van der Waals surface area contributed by atoms with E-state index in [2.05, 4.69) is 60.7 Å². The van der Waals surface area contributed by atoms with Gasteiger partial charge in [0, 0.05) is 16.5 Å². The standard InChI is InChI=1S/C21H20N2/c1-4-21(2,3)18-13-9-8-12-17(18)20-14-19(22-15-23-20)16-10-6-5-7-11-16/h4-15H,1H2,2-3H3. The van der Waals surface area contributed by atoms with Crippen LogP contribution >= 0.6 is 0 Å². The van der Waals surface area contributed by atoms with E-state index >= 15 is 0 Å². The highest BCUT2D eigenvalue weighted by Crippen LogP contribution is 2.33. The first kappa shape index (κ1) is 15.2. The fourth-order valence-corrected chi connectivity index (χ4v) is 2.65. The molecule has 0 bridgehead atoms. The maximum absolute atomic E-state index is 4.50. The Labute approximate surface area is 137 Å². The van der Waals surface area contributed by atoms with E-state index in [1.165, 1.54) is 5.56 Å². The zero-order chi connectivity index (χ0) is 16.3. The minimum atomic E-state index is -0.117. The Morgan fingerprint density at radius 3 is 2.26 bits per heavy atom. The van der Waals surface area contributed by atoms with E-state index in [0.717, 1.165) is 22.5 Å². The Kier molecular flexibility index (Phi) is 4.07. The fraction of sp³-hybridized carbons (Fsp3) is 0.143. The van der Waals surface area contributed by atoms with Gasteiger partial charge >= 0.3 is 0 Å². The molecule has 2 aromatic carbocycles. The van der Waals surface area contributed by atoms with Crippen LogP contribution < -0.4 is 0 Å². The van der Waals surface area contributed by atoms with Crippen LogP contribution in [0.1, 0.15) is 19.4 Å². The van der Waals surface area contributed by atoms with Gasteiger partial charge in [0.25, 0.3) is 0 Å². The first-order chi connectivity index (χ1) is 11.1. The molecule has 0 atom stereocenters. The van der Waals surface area contributed by atoms with E-state index in [1.54, 1.807) is 6.33 Å². The zero-order valence-corrected chi connectivity index (χ0v) is 13.5. The molecule has 0 unspecified atom stereocenters. The zero-order valence-electron chi connectivity index (χ0n) is 13.5. The molecule has 0 spiro atoms. The number of rotatable bonds is 4. The van der Waals surface area contributed by atoms with Crippen LogP contribution in [0.2, 0.25) is 0 Å². The van der Waals surface area contributed by atoms with Crippen LogP contribution in [0.4, 0.5) is 0 Å². The number of aromatic nitrogens is 2. The Morgan fingerprint density at radius 2 is 1.52 bits per heavy atom. The molecule has 2 heteroatoms. The normalized spacial score (nSPS) is 11.2. The monoisotopic (exact) mass is 300 g/mol. The third-order valence-corrected chi connectivity index (χ3v) is 4.14. The van der Waals surface area contributed by atoms with Gasteiger partial charge in [-0.25, -0.2) is 9.97 Å². The minimum Gasteiger partial charge on any atom is -0.236 e. The molecule has 0 N–H and O–H groups in total. The van der Waals surface area contributed by atoms with Gasteiger partial charge in [-0.2, -0.15) is 0 Å². The number of allylic oxidation sites excluding steroid dienone is 1. The van der Waals surface area contributed by atoms with Crippen molar-refractivity contribution in [1.29, 1.82) is 0 Å². The third kappa shape index (κ3) is 3.07. The SMILES string of the molecule is C=CC(C)(C)c1ccccc1-c1cc(-c2ccccc2)ncn1. The van der Waals surface area contributed by atoms with Gasteiger partial charge in [-0.15, -0.1) is 6.58 Å². The summed E-state index contributed by atoms with van der Waals surface area (Å²) in [6.45, 7) is 8.31. The Morgan fingerprint density at radius 1 is 0.870 bits per heavy atom. The molecule has 0 aliphatic rings. The summed E-state index contributed by atoms with van der Waals surface area (Å²) in [4.78, 5) is 8.91. The molecule has 0 aliphatic heterocycles. The van der Waals surface area contributed by atoms with Gasteiger partial charge in [0.2, 0.25) is 0 Å². The summed E-state index contributed by atoms with van der Waals surface area (Å²) in [5.74, 6) is 0. The van der Waals surface area contributed by atoms with Gasteiger partial charge in [-0.05, 0) is 11.6 Å². The van der Waals surface area contributed by atoms with Gasteiger partial charge in [-0.3, -0.25) is 0 Å². The second-order valence-corrected chi connectivity index (χ2v) is 6.13. The Hall–Kier alpha value is -2.74. The number of nitrogens with zero attached hydrogens (tertiary/aromatic N) is 2. The second-order valence-electron chi connectivity index (χ2n) is 6.13. The van der Waals surface area contributed by atoms with Crippen LogP contribution in [-0.4, -0.2) is 9.97 Å². The van der Waals surface area contributed by atoms with E-state index in [0.29, 0.717) is 0 Å².